The van der Waals surface area contributed by atoms with Crippen molar-refractivity contribution in [1.82, 2.24) is 10.2 Å². The molecule has 0 aliphatic carbocycles. The number of hydrogen-bond acceptors (Lipinski definition) is 3. The Morgan fingerprint density at radius 2 is 1.95 bits per heavy atom. The molecule has 6 heteroatoms. The monoisotopic (exact) mass is 342 g/mol. The standard InChI is InChI=1S/C14H19BrN2O3/c1-4-17(5-2)13(18)9-16-14(19)10-6-7-12(20-3)11(15)8-10/h6-8H,4-5,9H2,1-3H3,(H,16,19). The smallest absolute Gasteiger partial charge is 0.251 e. The van der Waals surface area contributed by atoms with Crippen LogP contribution in [0.2, 0.25) is 0 Å². The molecular formula is C14H19BrN2O3. The Morgan fingerprint density at radius 3 is 2.45 bits per heavy atom. The molecule has 0 aromatic heterocycles. The van der Waals surface area contributed by atoms with Gasteiger partial charge in [0, 0.05) is 18.7 Å². The van der Waals surface area contributed by atoms with Gasteiger partial charge in [0.05, 0.1) is 18.1 Å². The minimum Gasteiger partial charge on any atom is -0.496 e. The number of carbonyl (C=O) groups excluding carboxylic acids is 2. The fourth-order valence-electron chi connectivity index (χ4n) is 1.75. The van der Waals surface area contributed by atoms with E-state index in [9.17, 15) is 9.59 Å². The largest absolute Gasteiger partial charge is 0.496 e. The van der Waals surface area contributed by atoms with Gasteiger partial charge in [-0.15, -0.1) is 0 Å². The summed E-state index contributed by atoms with van der Waals surface area (Å²) in [6.07, 6.45) is 0. The van der Waals surface area contributed by atoms with Crippen molar-refractivity contribution in [3.8, 4) is 5.75 Å². The molecule has 110 valence electrons. The summed E-state index contributed by atoms with van der Waals surface area (Å²) in [5, 5.41) is 2.62. The van der Waals surface area contributed by atoms with Crippen LogP contribution in [0.15, 0.2) is 22.7 Å². The second kappa shape index (κ2) is 7.89. The summed E-state index contributed by atoms with van der Waals surface area (Å²) in [6.45, 7) is 5.09. The zero-order valence-electron chi connectivity index (χ0n) is 11.9. The Balaban J connectivity index is 2.63. The predicted octanol–water partition coefficient (Wildman–Crippen LogP) is 2.06. The third-order valence-electron chi connectivity index (χ3n) is 2.93. The Morgan fingerprint density at radius 1 is 1.30 bits per heavy atom. The van der Waals surface area contributed by atoms with E-state index in [4.69, 9.17) is 4.74 Å². The van der Waals surface area contributed by atoms with Gasteiger partial charge in [0.25, 0.3) is 5.91 Å². The first-order chi connectivity index (χ1) is 9.53. The fraction of sp³-hybridized carbons (Fsp3) is 0.429. The van der Waals surface area contributed by atoms with Gasteiger partial charge in [-0.3, -0.25) is 9.59 Å². The Hall–Kier alpha value is -1.56. The van der Waals surface area contributed by atoms with Crippen molar-refractivity contribution in [3.05, 3.63) is 28.2 Å². The average molecular weight is 343 g/mol. The number of nitrogens with zero attached hydrogens (tertiary/aromatic N) is 1. The molecule has 1 N–H and O–H groups in total. The lowest BCUT2D eigenvalue weighted by atomic mass is 10.2. The molecule has 0 fully saturated rings. The number of benzene rings is 1. The molecule has 0 heterocycles. The molecule has 1 rings (SSSR count). The van der Waals surface area contributed by atoms with Crippen molar-refractivity contribution in [2.75, 3.05) is 26.7 Å². The minimum atomic E-state index is -0.283. The highest BCUT2D eigenvalue weighted by molar-refractivity contribution is 9.10. The topological polar surface area (TPSA) is 58.6 Å². The molecular weight excluding hydrogens is 324 g/mol. The van der Waals surface area contributed by atoms with E-state index in [1.165, 1.54) is 0 Å². The van der Waals surface area contributed by atoms with Gasteiger partial charge in [-0.05, 0) is 48.0 Å². The lowest BCUT2D eigenvalue weighted by Crippen LogP contribution is -2.40. The average Bonchev–Trinajstić information content (AvgIpc) is 2.45. The minimum absolute atomic E-state index is 0.00413. The van der Waals surface area contributed by atoms with Gasteiger partial charge in [0.2, 0.25) is 5.91 Å². The maximum Gasteiger partial charge on any atom is 0.251 e. The van der Waals surface area contributed by atoms with E-state index in [1.54, 1.807) is 30.2 Å². The van der Waals surface area contributed by atoms with Gasteiger partial charge >= 0.3 is 0 Å². The van der Waals surface area contributed by atoms with E-state index in [0.29, 0.717) is 28.9 Å². The van der Waals surface area contributed by atoms with Crippen molar-refractivity contribution in [1.29, 1.82) is 0 Å². The molecule has 0 spiro atoms. The number of hydrogen-bond donors (Lipinski definition) is 1. The number of likely N-dealkylation sites (N-methyl/N-ethyl adjacent to an activating group) is 1. The molecule has 0 aliphatic heterocycles. The summed E-state index contributed by atoms with van der Waals surface area (Å²) in [6, 6.07) is 5.02. The molecule has 1 aromatic rings. The Kier molecular flexibility index (Phi) is 6.51. The maximum atomic E-state index is 12.0. The van der Waals surface area contributed by atoms with Crippen LogP contribution in [-0.2, 0) is 4.79 Å². The first-order valence-electron chi connectivity index (χ1n) is 6.43. The van der Waals surface area contributed by atoms with E-state index in [1.807, 2.05) is 13.8 Å². The molecule has 0 atom stereocenters. The molecule has 0 bridgehead atoms. The second-order valence-electron chi connectivity index (χ2n) is 4.10. The lowest BCUT2D eigenvalue weighted by Gasteiger charge is -2.18. The van der Waals surface area contributed by atoms with Gasteiger partial charge in [-0.2, -0.15) is 0 Å². The number of nitrogens with one attached hydrogen (secondary N) is 1. The second-order valence-corrected chi connectivity index (χ2v) is 4.95. The van der Waals surface area contributed by atoms with Crippen LogP contribution in [0.4, 0.5) is 0 Å². The van der Waals surface area contributed by atoms with E-state index in [2.05, 4.69) is 21.2 Å². The predicted molar refractivity (Wildman–Crippen MR) is 81.0 cm³/mol. The Bertz CT molecular complexity index is 487. The summed E-state index contributed by atoms with van der Waals surface area (Å²) in [5.41, 5.74) is 0.477. The van der Waals surface area contributed by atoms with E-state index in [-0.39, 0.29) is 18.4 Å². The van der Waals surface area contributed by atoms with E-state index < -0.39 is 0 Å². The molecule has 0 radical (unpaired) electrons. The van der Waals surface area contributed by atoms with Gasteiger partial charge in [-0.1, -0.05) is 0 Å². The van der Waals surface area contributed by atoms with Crippen LogP contribution in [0, 0.1) is 0 Å². The van der Waals surface area contributed by atoms with Gasteiger partial charge < -0.3 is 15.0 Å². The van der Waals surface area contributed by atoms with Gasteiger partial charge in [0.1, 0.15) is 5.75 Å². The van der Waals surface area contributed by atoms with Gasteiger partial charge in [-0.25, -0.2) is 0 Å². The zero-order valence-corrected chi connectivity index (χ0v) is 13.5. The number of halogens is 1. The number of ether oxygens (including phenoxy) is 1. The third kappa shape index (κ3) is 4.23. The van der Waals surface area contributed by atoms with Crippen molar-refractivity contribution < 1.29 is 14.3 Å². The van der Waals surface area contributed by atoms with Gasteiger partial charge in [0.15, 0.2) is 0 Å². The third-order valence-corrected chi connectivity index (χ3v) is 3.55. The quantitative estimate of drug-likeness (QED) is 0.860. The summed E-state index contributed by atoms with van der Waals surface area (Å²) in [4.78, 5) is 25.4. The lowest BCUT2D eigenvalue weighted by molar-refractivity contribution is -0.129. The van der Waals surface area contributed by atoms with Crippen molar-refractivity contribution in [3.63, 3.8) is 0 Å². The number of carbonyl (C=O) groups is 2. The fourth-order valence-corrected chi connectivity index (χ4v) is 2.29. The van der Waals surface area contributed by atoms with Crippen LogP contribution < -0.4 is 10.1 Å². The molecule has 0 unspecified atom stereocenters. The van der Waals surface area contributed by atoms with Crippen molar-refractivity contribution >= 4 is 27.7 Å². The SMILES string of the molecule is CCN(CC)C(=O)CNC(=O)c1ccc(OC)c(Br)c1. The first-order valence-corrected chi connectivity index (χ1v) is 7.22. The molecule has 5 nitrogen and oxygen atoms in total. The maximum absolute atomic E-state index is 12.0. The van der Waals surface area contributed by atoms with Crippen LogP contribution in [0.3, 0.4) is 0 Å². The summed E-state index contributed by atoms with van der Waals surface area (Å²) >= 11 is 3.32. The van der Waals surface area contributed by atoms with Crippen molar-refractivity contribution in [2.45, 2.75) is 13.8 Å². The molecule has 20 heavy (non-hydrogen) atoms. The number of rotatable bonds is 6. The normalized spacial score (nSPS) is 10.0. The van der Waals surface area contributed by atoms with E-state index >= 15 is 0 Å². The molecule has 1 aromatic carbocycles. The summed E-state index contributed by atoms with van der Waals surface area (Å²) < 4.78 is 5.80. The van der Waals surface area contributed by atoms with Crippen LogP contribution in [0.25, 0.3) is 0 Å². The van der Waals surface area contributed by atoms with Crippen molar-refractivity contribution in [2.24, 2.45) is 0 Å². The van der Waals surface area contributed by atoms with E-state index in [0.717, 1.165) is 0 Å². The van der Waals surface area contributed by atoms with Crippen LogP contribution in [0.5, 0.6) is 5.75 Å². The zero-order chi connectivity index (χ0) is 15.1. The number of methoxy groups -OCH3 is 1. The first kappa shape index (κ1) is 16.5. The highest BCUT2D eigenvalue weighted by atomic mass is 79.9. The highest BCUT2D eigenvalue weighted by Gasteiger charge is 2.13. The highest BCUT2D eigenvalue weighted by Crippen LogP contribution is 2.25. The van der Waals surface area contributed by atoms with Crippen LogP contribution in [0.1, 0.15) is 24.2 Å². The van der Waals surface area contributed by atoms with Crippen LogP contribution in [-0.4, -0.2) is 43.5 Å². The number of amides is 2. The van der Waals surface area contributed by atoms with Crippen LogP contribution >= 0.6 is 15.9 Å². The molecule has 0 aliphatic rings. The summed E-state index contributed by atoms with van der Waals surface area (Å²) in [7, 11) is 1.56. The molecule has 0 saturated heterocycles. The summed E-state index contributed by atoms with van der Waals surface area (Å²) in [5.74, 6) is 0.283. The Labute approximate surface area is 127 Å². The molecule has 2 amide bonds. The molecule has 0 saturated carbocycles.